The van der Waals surface area contributed by atoms with Crippen LogP contribution >= 0.6 is 23.5 Å². The lowest BCUT2D eigenvalue weighted by Crippen LogP contribution is -2.31. The number of halogens is 1. The second kappa shape index (κ2) is 8.58. The quantitative estimate of drug-likeness (QED) is 0.685. The highest BCUT2D eigenvalue weighted by Gasteiger charge is 2.29. The van der Waals surface area contributed by atoms with Gasteiger partial charge in [-0.3, -0.25) is 9.36 Å². The molecule has 0 aromatic heterocycles. The van der Waals surface area contributed by atoms with E-state index in [0.29, 0.717) is 5.56 Å². The lowest BCUT2D eigenvalue weighted by molar-refractivity contribution is 0.0939. The van der Waals surface area contributed by atoms with Crippen molar-refractivity contribution in [3.05, 3.63) is 70.2 Å². The molecule has 5 nitrogen and oxygen atoms in total. The topological polar surface area (TPSA) is 64.6 Å². The molecule has 128 valence electrons. The molecule has 1 amide bonds. The molecule has 0 heterocycles. The van der Waals surface area contributed by atoms with Crippen LogP contribution < -0.4 is 5.32 Å². The third kappa shape index (κ3) is 5.02. The summed E-state index contributed by atoms with van der Waals surface area (Å²) in [5, 5.41) is 2.91. The molecule has 7 heteroatoms. The predicted molar refractivity (Wildman–Crippen MR) is 97.3 cm³/mol. The Balaban J connectivity index is 2.27. The van der Waals surface area contributed by atoms with Crippen molar-refractivity contribution in [3.8, 4) is 0 Å². The van der Waals surface area contributed by atoms with Crippen molar-refractivity contribution in [3.63, 3.8) is 0 Å². The lowest BCUT2D eigenvalue weighted by atomic mass is 10.1. The molecule has 1 atom stereocenters. The molecule has 2 aromatic rings. The third-order valence-electron chi connectivity index (χ3n) is 3.58. The molecule has 1 N–H and O–H groups in total. The van der Waals surface area contributed by atoms with Crippen LogP contribution in [0.1, 0.15) is 22.0 Å². The van der Waals surface area contributed by atoms with Crippen LogP contribution in [0.15, 0.2) is 59.1 Å². The van der Waals surface area contributed by atoms with Crippen LogP contribution in [0.5, 0.6) is 0 Å². The largest absolute Gasteiger partial charge is 0.345 e. The zero-order valence-corrected chi connectivity index (χ0v) is 15.9. The first-order chi connectivity index (χ1) is 11.5. The molecule has 2 aromatic carbocycles. The molecule has 0 unspecified atom stereocenters. The predicted octanol–water partition coefficient (Wildman–Crippen LogP) is 4.41. The van der Waals surface area contributed by atoms with E-state index in [1.807, 2.05) is 30.3 Å². The maximum Gasteiger partial charge on any atom is 0.332 e. The number of carbonyl (C=O) groups excluding carboxylic acids is 1. The van der Waals surface area contributed by atoms with Crippen LogP contribution in [-0.2, 0) is 13.6 Å². The summed E-state index contributed by atoms with van der Waals surface area (Å²) < 4.78 is 23.5. The summed E-state index contributed by atoms with van der Waals surface area (Å²) in [7, 11) is -0.618. The van der Waals surface area contributed by atoms with E-state index in [1.165, 1.54) is 14.2 Å². The maximum absolute atomic E-state index is 12.5. The van der Waals surface area contributed by atoms with Crippen molar-refractivity contribution < 1.29 is 18.4 Å². The summed E-state index contributed by atoms with van der Waals surface area (Å²) in [4.78, 5) is 12.5. The summed E-state index contributed by atoms with van der Waals surface area (Å²) in [5.74, 6) is -0.248. The van der Waals surface area contributed by atoms with Crippen molar-refractivity contribution in [2.45, 2.75) is 6.04 Å². The van der Waals surface area contributed by atoms with Crippen molar-refractivity contribution in [2.75, 3.05) is 20.4 Å². The molecule has 0 saturated carbocycles. The van der Waals surface area contributed by atoms with Crippen LogP contribution in [0, 0.1) is 0 Å². The minimum atomic E-state index is -3.29. The number of benzene rings is 2. The fourth-order valence-corrected chi connectivity index (χ4v) is 3.67. The molecule has 0 aliphatic carbocycles. The fourth-order valence-electron chi connectivity index (χ4n) is 2.21. The van der Waals surface area contributed by atoms with Crippen LogP contribution in [0.2, 0.25) is 0 Å². The summed E-state index contributed by atoms with van der Waals surface area (Å²) in [6, 6.07) is 15.8. The Labute approximate surface area is 150 Å². The van der Waals surface area contributed by atoms with Crippen molar-refractivity contribution in [1.29, 1.82) is 0 Å². The smallest absolute Gasteiger partial charge is 0.332 e. The summed E-state index contributed by atoms with van der Waals surface area (Å²) in [6.07, 6.45) is 0.0419. The third-order valence-corrected chi connectivity index (χ3v) is 6.03. The highest BCUT2D eigenvalue weighted by Crippen LogP contribution is 2.49. The van der Waals surface area contributed by atoms with Gasteiger partial charge in [-0.15, -0.1) is 0 Å². The molecule has 0 aliphatic heterocycles. The van der Waals surface area contributed by atoms with Gasteiger partial charge in [-0.05, 0) is 29.8 Å². The normalized spacial score (nSPS) is 12.6. The van der Waals surface area contributed by atoms with Crippen molar-refractivity contribution in [2.24, 2.45) is 0 Å². The number of hydrogen-bond acceptors (Lipinski definition) is 4. The van der Waals surface area contributed by atoms with E-state index in [-0.39, 0.29) is 12.1 Å². The van der Waals surface area contributed by atoms with Crippen LogP contribution in [0.3, 0.4) is 0 Å². The van der Waals surface area contributed by atoms with Gasteiger partial charge in [0.15, 0.2) is 0 Å². The van der Waals surface area contributed by atoms with Gasteiger partial charge in [0.05, 0.1) is 12.2 Å². The van der Waals surface area contributed by atoms with Gasteiger partial charge in [-0.2, -0.15) is 0 Å². The molecular formula is C17H19BrNO4P. The zero-order chi connectivity index (χ0) is 17.6. The Bertz CT molecular complexity index is 713. The van der Waals surface area contributed by atoms with Crippen LogP contribution in [0.25, 0.3) is 0 Å². The fraction of sp³-hybridized carbons (Fsp3) is 0.235. The average Bonchev–Trinajstić information content (AvgIpc) is 2.62. The average molecular weight is 412 g/mol. The van der Waals surface area contributed by atoms with Crippen molar-refractivity contribution in [1.82, 2.24) is 5.32 Å². The zero-order valence-electron chi connectivity index (χ0n) is 13.4. The van der Waals surface area contributed by atoms with Gasteiger partial charge in [-0.25, -0.2) is 0 Å². The van der Waals surface area contributed by atoms with Gasteiger partial charge in [-0.1, -0.05) is 46.3 Å². The molecule has 24 heavy (non-hydrogen) atoms. The van der Waals surface area contributed by atoms with E-state index in [9.17, 15) is 9.36 Å². The Hall–Kier alpha value is -1.46. The molecule has 0 aliphatic rings. The Morgan fingerprint density at radius 3 is 2.21 bits per heavy atom. The number of nitrogens with one attached hydrogen (secondary N) is 1. The first kappa shape index (κ1) is 18.9. The first-order valence-electron chi connectivity index (χ1n) is 7.29. The minimum Gasteiger partial charge on any atom is -0.345 e. The molecule has 2 rings (SSSR count). The summed E-state index contributed by atoms with van der Waals surface area (Å²) >= 11 is 3.38. The van der Waals surface area contributed by atoms with E-state index in [2.05, 4.69) is 21.2 Å². The number of rotatable bonds is 7. The Morgan fingerprint density at radius 1 is 1.08 bits per heavy atom. The molecule has 0 bridgehead atoms. The molecule has 0 radical (unpaired) electrons. The Kier molecular flexibility index (Phi) is 6.75. The van der Waals surface area contributed by atoms with Crippen molar-refractivity contribution >= 4 is 29.4 Å². The van der Waals surface area contributed by atoms with Gasteiger partial charge in [0.1, 0.15) is 0 Å². The molecule has 0 spiro atoms. The number of amides is 1. The van der Waals surface area contributed by atoms with E-state index in [0.717, 1.165) is 10.0 Å². The van der Waals surface area contributed by atoms with Gasteiger partial charge in [0.25, 0.3) is 5.91 Å². The number of carbonyl (C=O) groups is 1. The monoisotopic (exact) mass is 411 g/mol. The number of hydrogen-bond donors (Lipinski definition) is 1. The van der Waals surface area contributed by atoms with E-state index in [4.69, 9.17) is 9.05 Å². The molecule has 0 saturated heterocycles. The highest BCUT2D eigenvalue weighted by atomic mass is 79.9. The van der Waals surface area contributed by atoms with E-state index >= 15 is 0 Å². The first-order valence-corrected chi connectivity index (χ1v) is 9.81. The van der Waals surface area contributed by atoms with Gasteiger partial charge in [0.2, 0.25) is 0 Å². The Morgan fingerprint density at radius 2 is 1.67 bits per heavy atom. The maximum atomic E-state index is 12.5. The summed E-state index contributed by atoms with van der Waals surface area (Å²) in [6.45, 7) is 0. The van der Waals surface area contributed by atoms with E-state index < -0.39 is 13.6 Å². The minimum absolute atomic E-state index is 0.0419. The lowest BCUT2D eigenvalue weighted by Gasteiger charge is -2.23. The highest BCUT2D eigenvalue weighted by molar-refractivity contribution is 9.10. The van der Waals surface area contributed by atoms with Crippen LogP contribution in [0.4, 0.5) is 0 Å². The van der Waals surface area contributed by atoms with Crippen LogP contribution in [-0.4, -0.2) is 26.3 Å². The van der Waals surface area contributed by atoms with E-state index in [1.54, 1.807) is 24.3 Å². The molecular weight excluding hydrogens is 393 g/mol. The molecule has 0 fully saturated rings. The standard InChI is InChI=1S/C17H19BrNO4P/c1-22-24(21,23-2)12-16(13-8-10-15(18)11-9-13)19-17(20)14-6-4-3-5-7-14/h3-11,16H,12H2,1-2H3,(H,19,20)/t16-/m0/s1. The summed E-state index contributed by atoms with van der Waals surface area (Å²) in [5.41, 5.74) is 1.35. The SMILES string of the molecule is COP(=O)(C[C@H](NC(=O)c1ccccc1)c1ccc(Br)cc1)OC. The van der Waals surface area contributed by atoms with Gasteiger partial charge in [0, 0.05) is 24.3 Å². The van der Waals surface area contributed by atoms with Gasteiger partial charge < -0.3 is 14.4 Å². The van der Waals surface area contributed by atoms with Gasteiger partial charge >= 0.3 is 7.60 Å². The second-order valence-corrected chi connectivity index (χ2v) is 8.34. The second-order valence-electron chi connectivity index (χ2n) is 5.10.